The normalized spacial score (nSPS) is 28.1. The van der Waals surface area contributed by atoms with Crippen LogP contribution < -0.4 is 20.1 Å². The number of imidazole rings is 1. The largest absolute Gasteiger partial charge is 0.459 e. The molecule has 15 heteroatoms. The van der Waals surface area contributed by atoms with E-state index in [0.29, 0.717) is 44.7 Å². The third-order valence-corrected chi connectivity index (χ3v) is 13.4. The molecule has 1 aromatic carbocycles. The summed E-state index contributed by atoms with van der Waals surface area (Å²) in [5, 5.41) is 5.67. The summed E-state index contributed by atoms with van der Waals surface area (Å²) in [5.41, 5.74) is -1.37. The third-order valence-electron chi connectivity index (χ3n) is 11.2. The fourth-order valence-corrected chi connectivity index (χ4v) is 9.62. The minimum Gasteiger partial charge on any atom is -0.459 e. The van der Waals surface area contributed by atoms with E-state index in [1.807, 2.05) is 56.5 Å². The Kier molecular flexibility index (Phi) is 10.3. The molecule has 3 heterocycles. The van der Waals surface area contributed by atoms with Crippen LogP contribution in [0.5, 0.6) is 6.01 Å². The first-order valence-electron chi connectivity index (χ1n) is 19.1. The van der Waals surface area contributed by atoms with Crippen molar-refractivity contribution in [2.45, 2.75) is 153 Å². The predicted molar refractivity (Wildman–Crippen MR) is 198 cm³/mol. The van der Waals surface area contributed by atoms with E-state index in [2.05, 4.69) is 15.4 Å². The van der Waals surface area contributed by atoms with Gasteiger partial charge in [0.05, 0.1) is 22.3 Å². The second-order valence-electron chi connectivity index (χ2n) is 17.5. The van der Waals surface area contributed by atoms with E-state index in [9.17, 15) is 27.6 Å². The number of para-hydroxylation sites is 2. The summed E-state index contributed by atoms with van der Waals surface area (Å²) >= 11 is 0. The summed E-state index contributed by atoms with van der Waals surface area (Å²) in [6.45, 7) is 13.1. The maximum atomic E-state index is 14.6. The molecule has 1 aromatic heterocycles. The molecule has 4 aliphatic rings. The molecule has 3 N–H and O–H groups in total. The molecule has 3 fully saturated rings. The zero-order chi connectivity index (χ0) is 38.6. The van der Waals surface area contributed by atoms with E-state index in [0.717, 1.165) is 30.3 Å². The molecule has 2 aliphatic carbocycles. The number of benzene rings is 1. The third kappa shape index (κ3) is 8.00. The van der Waals surface area contributed by atoms with Gasteiger partial charge in [0.25, 0.3) is 11.9 Å². The molecule has 292 valence electrons. The molecule has 2 bridgehead atoms. The number of sulfonamides is 1. The van der Waals surface area contributed by atoms with Gasteiger partial charge in [0, 0.05) is 13.0 Å². The number of likely N-dealkylation sites (tertiary alicyclic amines) is 1. The molecular formula is C38H56N6O8S. The van der Waals surface area contributed by atoms with E-state index < -0.39 is 73.3 Å². The van der Waals surface area contributed by atoms with Gasteiger partial charge in [-0.3, -0.25) is 23.7 Å². The molecule has 6 rings (SSSR count). The lowest BCUT2D eigenvalue weighted by Crippen LogP contribution is -2.60. The van der Waals surface area contributed by atoms with Crippen LogP contribution in [0, 0.1) is 11.3 Å². The highest BCUT2D eigenvalue weighted by Crippen LogP contribution is 2.50. The Hall–Kier alpha value is -3.88. The van der Waals surface area contributed by atoms with Gasteiger partial charge in [-0.05, 0) is 76.3 Å². The zero-order valence-corrected chi connectivity index (χ0v) is 32.9. The molecule has 53 heavy (non-hydrogen) atoms. The van der Waals surface area contributed by atoms with E-state index >= 15 is 0 Å². The summed E-state index contributed by atoms with van der Waals surface area (Å²) in [6, 6.07) is 5.95. The molecule has 2 saturated carbocycles. The molecule has 5 atom stereocenters. The van der Waals surface area contributed by atoms with Gasteiger partial charge in [-0.1, -0.05) is 65.5 Å². The Morgan fingerprint density at radius 2 is 1.75 bits per heavy atom. The SMILES string of the molecule is CCC1CC12NC(=O)C1CC(CN1C(=O)C(NC(=O)OC(C)(C)C)C(C)(C)C)Oc1nc3ccccc3n1CCCCCCC1(CC1)S(=O)(=O)NC2=O. The number of ether oxygens (including phenoxy) is 2. The van der Waals surface area contributed by atoms with Crippen molar-refractivity contribution in [2.24, 2.45) is 11.3 Å². The molecule has 2 aliphatic heterocycles. The van der Waals surface area contributed by atoms with Crippen molar-refractivity contribution in [1.82, 2.24) is 29.8 Å². The first kappa shape index (κ1) is 38.8. The van der Waals surface area contributed by atoms with Crippen LogP contribution >= 0.6 is 0 Å². The van der Waals surface area contributed by atoms with Crippen molar-refractivity contribution >= 4 is 44.9 Å². The highest BCUT2D eigenvalue weighted by atomic mass is 32.2. The fourth-order valence-electron chi connectivity index (χ4n) is 7.92. The Bertz CT molecular complexity index is 1860. The Labute approximate surface area is 312 Å². The predicted octanol–water partition coefficient (Wildman–Crippen LogP) is 4.55. The number of hydrogen-bond acceptors (Lipinski definition) is 9. The molecule has 0 radical (unpaired) electrons. The topological polar surface area (TPSA) is 178 Å². The van der Waals surface area contributed by atoms with Crippen molar-refractivity contribution in [1.29, 1.82) is 0 Å². The van der Waals surface area contributed by atoms with Crippen LogP contribution in [0.25, 0.3) is 11.0 Å². The minimum atomic E-state index is -4.01. The summed E-state index contributed by atoms with van der Waals surface area (Å²) in [4.78, 5) is 62.1. The van der Waals surface area contributed by atoms with Crippen LogP contribution in [0.4, 0.5) is 4.79 Å². The summed E-state index contributed by atoms with van der Waals surface area (Å²) < 4.78 is 42.9. The highest BCUT2D eigenvalue weighted by Gasteiger charge is 2.64. The molecule has 5 unspecified atom stereocenters. The van der Waals surface area contributed by atoms with Gasteiger partial charge in [0.15, 0.2) is 0 Å². The number of rotatable bonds is 3. The van der Waals surface area contributed by atoms with Crippen molar-refractivity contribution < 1.29 is 37.1 Å². The quantitative estimate of drug-likeness (QED) is 0.406. The molecular weight excluding hydrogens is 701 g/mol. The smallest absolute Gasteiger partial charge is 0.408 e. The van der Waals surface area contributed by atoms with E-state index in [-0.39, 0.29) is 25.3 Å². The fraction of sp³-hybridized carbons (Fsp3) is 0.711. The lowest BCUT2D eigenvalue weighted by molar-refractivity contribution is -0.143. The summed E-state index contributed by atoms with van der Waals surface area (Å²) in [5.74, 6) is -2.12. The number of alkyl carbamates (subject to hydrolysis) is 1. The van der Waals surface area contributed by atoms with Crippen LogP contribution in [0.3, 0.4) is 0 Å². The zero-order valence-electron chi connectivity index (χ0n) is 32.1. The van der Waals surface area contributed by atoms with Gasteiger partial charge in [-0.25, -0.2) is 13.2 Å². The Morgan fingerprint density at radius 1 is 1.06 bits per heavy atom. The average molecular weight is 757 g/mol. The number of aromatic nitrogens is 2. The molecule has 14 nitrogen and oxygen atoms in total. The summed E-state index contributed by atoms with van der Waals surface area (Å²) in [7, 11) is -4.01. The van der Waals surface area contributed by atoms with Crippen molar-refractivity contribution in [3.63, 3.8) is 0 Å². The van der Waals surface area contributed by atoms with Crippen molar-refractivity contribution in [2.75, 3.05) is 6.54 Å². The van der Waals surface area contributed by atoms with Gasteiger partial charge in [0.1, 0.15) is 29.3 Å². The van der Waals surface area contributed by atoms with Crippen molar-refractivity contribution in [3.8, 4) is 6.01 Å². The number of carbonyl (C=O) groups excluding carboxylic acids is 4. The summed E-state index contributed by atoms with van der Waals surface area (Å²) in [6.07, 6.45) is 4.12. The number of carbonyl (C=O) groups is 4. The number of nitrogens with zero attached hydrogens (tertiary/aromatic N) is 3. The maximum absolute atomic E-state index is 14.6. The van der Waals surface area contributed by atoms with Gasteiger partial charge in [-0.2, -0.15) is 4.98 Å². The highest BCUT2D eigenvalue weighted by molar-refractivity contribution is 7.91. The second kappa shape index (κ2) is 14.1. The first-order chi connectivity index (χ1) is 24.8. The van der Waals surface area contributed by atoms with Crippen LogP contribution in [0.1, 0.15) is 113 Å². The lowest BCUT2D eigenvalue weighted by Gasteiger charge is -2.36. The Morgan fingerprint density at radius 3 is 2.40 bits per heavy atom. The average Bonchev–Trinajstić information content (AvgIpc) is 3.93. The molecule has 4 amide bonds. The van der Waals surface area contributed by atoms with Crippen LogP contribution in [0.15, 0.2) is 24.3 Å². The maximum Gasteiger partial charge on any atom is 0.408 e. The van der Waals surface area contributed by atoms with E-state index in [1.54, 1.807) is 20.8 Å². The second-order valence-corrected chi connectivity index (χ2v) is 19.6. The van der Waals surface area contributed by atoms with Gasteiger partial charge in [-0.15, -0.1) is 0 Å². The van der Waals surface area contributed by atoms with E-state index in [4.69, 9.17) is 14.5 Å². The molecule has 1 saturated heterocycles. The Balaban J connectivity index is 1.36. The van der Waals surface area contributed by atoms with Gasteiger partial charge < -0.3 is 25.0 Å². The number of hydrogen-bond donors (Lipinski definition) is 3. The van der Waals surface area contributed by atoms with Crippen LogP contribution in [-0.4, -0.2) is 87.3 Å². The van der Waals surface area contributed by atoms with Crippen LogP contribution in [-0.2, 0) is 35.7 Å². The van der Waals surface area contributed by atoms with E-state index in [1.165, 1.54) is 4.90 Å². The van der Waals surface area contributed by atoms with Crippen molar-refractivity contribution in [3.05, 3.63) is 24.3 Å². The number of fused-ring (bicyclic) bond motifs is 5. The first-order valence-corrected chi connectivity index (χ1v) is 20.6. The minimum absolute atomic E-state index is 0.00993. The molecule has 2 aromatic rings. The lowest BCUT2D eigenvalue weighted by atomic mass is 9.85. The van der Waals surface area contributed by atoms with Crippen LogP contribution in [0.2, 0.25) is 0 Å². The number of amides is 4. The monoisotopic (exact) mass is 756 g/mol. The van der Waals surface area contributed by atoms with Gasteiger partial charge in [0.2, 0.25) is 21.8 Å². The molecule has 2 spiro atoms. The van der Waals surface area contributed by atoms with Gasteiger partial charge >= 0.3 is 6.09 Å². The number of aryl methyl sites for hydroxylation is 1. The standard InChI is InChI=1S/C38H56N6O8S/c1-8-24-22-38(24)32(47)42-53(49,50)37(18-19-37)17-13-9-10-14-20-43-27-16-12-11-15-26(27)39-33(43)51-25-21-28(30(45)41-38)44(23-25)31(46)29(35(2,3)4)40-34(48)52-36(5,6)7/h11-12,15-16,24-25,28-29H,8-10,13-14,17-23H2,1-7H3,(H,40,48)(H,41,45)(H,42,47). The number of nitrogens with one attached hydrogen (secondary N) is 3.